The van der Waals surface area contributed by atoms with Gasteiger partial charge in [-0.15, -0.1) is 0 Å². The van der Waals surface area contributed by atoms with E-state index in [1.54, 1.807) is 0 Å². The second kappa shape index (κ2) is 6.60. The SMILES string of the molecule is Cn1nccc1CN1CCC(CCN2CCCC2=O)CC1. The minimum absolute atomic E-state index is 0.364. The van der Waals surface area contributed by atoms with Gasteiger partial charge in [0, 0.05) is 39.3 Å². The van der Waals surface area contributed by atoms with Crippen LogP contribution in [0.2, 0.25) is 0 Å². The highest BCUT2D eigenvalue weighted by Crippen LogP contribution is 2.23. The van der Waals surface area contributed by atoms with E-state index in [1.165, 1.54) is 38.0 Å². The van der Waals surface area contributed by atoms with Crippen LogP contribution in [0, 0.1) is 5.92 Å². The molecule has 0 N–H and O–H groups in total. The fourth-order valence-corrected chi connectivity index (χ4v) is 3.50. The van der Waals surface area contributed by atoms with Crippen LogP contribution < -0.4 is 0 Å². The Morgan fingerprint density at radius 1 is 1.29 bits per heavy atom. The fraction of sp³-hybridized carbons (Fsp3) is 0.750. The largest absolute Gasteiger partial charge is 0.343 e. The standard InChI is InChI=1S/C16H26N4O/c1-18-15(4-8-17-18)13-19-10-5-14(6-11-19)7-12-20-9-2-3-16(20)21/h4,8,14H,2-3,5-7,9-13H2,1H3. The summed E-state index contributed by atoms with van der Waals surface area (Å²) in [5, 5.41) is 4.23. The molecule has 0 saturated carbocycles. The molecule has 2 fully saturated rings. The smallest absolute Gasteiger partial charge is 0.222 e. The van der Waals surface area contributed by atoms with Crippen molar-refractivity contribution in [3.05, 3.63) is 18.0 Å². The molecule has 0 aliphatic carbocycles. The number of aromatic nitrogens is 2. The van der Waals surface area contributed by atoms with Crippen molar-refractivity contribution in [2.45, 2.75) is 38.6 Å². The number of carbonyl (C=O) groups is 1. The summed E-state index contributed by atoms with van der Waals surface area (Å²) < 4.78 is 1.96. The molecule has 0 bridgehead atoms. The summed E-state index contributed by atoms with van der Waals surface area (Å²) in [5.41, 5.74) is 1.29. The van der Waals surface area contributed by atoms with Crippen molar-refractivity contribution in [1.82, 2.24) is 19.6 Å². The molecule has 116 valence electrons. The molecule has 0 spiro atoms. The average molecular weight is 290 g/mol. The summed E-state index contributed by atoms with van der Waals surface area (Å²) in [7, 11) is 2.01. The van der Waals surface area contributed by atoms with Crippen LogP contribution in [0.5, 0.6) is 0 Å². The van der Waals surface area contributed by atoms with E-state index in [0.717, 1.165) is 38.4 Å². The minimum atomic E-state index is 0.364. The first-order valence-electron chi connectivity index (χ1n) is 8.19. The highest BCUT2D eigenvalue weighted by molar-refractivity contribution is 5.77. The Morgan fingerprint density at radius 2 is 2.10 bits per heavy atom. The highest BCUT2D eigenvalue weighted by Gasteiger charge is 2.23. The Kier molecular flexibility index (Phi) is 4.58. The van der Waals surface area contributed by atoms with Gasteiger partial charge in [-0.3, -0.25) is 14.4 Å². The number of carbonyl (C=O) groups excluding carboxylic acids is 1. The number of aryl methyl sites for hydroxylation is 1. The summed E-state index contributed by atoms with van der Waals surface area (Å²) in [4.78, 5) is 16.2. The zero-order valence-electron chi connectivity index (χ0n) is 13.0. The van der Waals surface area contributed by atoms with E-state index in [-0.39, 0.29) is 0 Å². The summed E-state index contributed by atoms with van der Waals surface area (Å²) in [6.45, 7) is 5.31. The van der Waals surface area contributed by atoms with Crippen LogP contribution in [-0.4, -0.2) is 51.7 Å². The molecule has 5 heteroatoms. The van der Waals surface area contributed by atoms with Crippen molar-refractivity contribution in [2.24, 2.45) is 13.0 Å². The zero-order valence-corrected chi connectivity index (χ0v) is 13.0. The van der Waals surface area contributed by atoms with Crippen LogP contribution in [0.3, 0.4) is 0 Å². The van der Waals surface area contributed by atoms with E-state index in [0.29, 0.717) is 5.91 Å². The van der Waals surface area contributed by atoms with E-state index in [1.807, 2.05) is 17.9 Å². The van der Waals surface area contributed by atoms with Gasteiger partial charge in [-0.1, -0.05) is 0 Å². The molecule has 2 aliphatic heterocycles. The third-order valence-corrected chi connectivity index (χ3v) is 4.99. The molecule has 5 nitrogen and oxygen atoms in total. The van der Waals surface area contributed by atoms with Crippen molar-refractivity contribution in [1.29, 1.82) is 0 Å². The summed E-state index contributed by atoms with van der Waals surface area (Å²) in [5.74, 6) is 1.16. The number of hydrogen-bond acceptors (Lipinski definition) is 3. The van der Waals surface area contributed by atoms with Crippen LogP contribution in [-0.2, 0) is 18.4 Å². The van der Waals surface area contributed by atoms with E-state index in [4.69, 9.17) is 0 Å². The first-order chi connectivity index (χ1) is 10.2. The van der Waals surface area contributed by atoms with Gasteiger partial charge in [0.2, 0.25) is 5.91 Å². The summed E-state index contributed by atoms with van der Waals surface area (Å²) in [6, 6.07) is 2.10. The predicted molar refractivity (Wildman–Crippen MR) is 81.6 cm³/mol. The average Bonchev–Trinajstić information content (AvgIpc) is 3.08. The fourth-order valence-electron chi connectivity index (χ4n) is 3.50. The van der Waals surface area contributed by atoms with Gasteiger partial charge in [0.25, 0.3) is 0 Å². The van der Waals surface area contributed by atoms with Crippen molar-refractivity contribution in [3.8, 4) is 0 Å². The molecule has 0 radical (unpaired) electrons. The third-order valence-electron chi connectivity index (χ3n) is 4.99. The van der Waals surface area contributed by atoms with E-state index >= 15 is 0 Å². The van der Waals surface area contributed by atoms with Gasteiger partial charge in [-0.05, 0) is 50.8 Å². The number of rotatable bonds is 5. The van der Waals surface area contributed by atoms with Gasteiger partial charge >= 0.3 is 0 Å². The van der Waals surface area contributed by atoms with Gasteiger partial charge in [-0.25, -0.2) is 0 Å². The van der Waals surface area contributed by atoms with E-state index in [2.05, 4.69) is 21.0 Å². The van der Waals surface area contributed by atoms with E-state index in [9.17, 15) is 4.79 Å². The third kappa shape index (κ3) is 3.64. The van der Waals surface area contributed by atoms with Crippen molar-refractivity contribution in [2.75, 3.05) is 26.2 Å². The van der Waals surface area contributed by atoms with Gasteiger partial charge in [0.15, 0.2) is 0 Å². The number of piperidine rings is 1. The molecule has 0 aromatic carbocycles. The zero-order chi connectivity index (χ0) is 14.7. The molecule has 1 aromatic rings. The second-order valence-electron chi connectivity index (χ2n) is 6.44. The molecule has 0 unspecified atom stereocenters. The Labute approximate surface area is 126 Å². The molecular weight excluding hydrogens is 264 g/mol. The number of hydrogen-bond donors (Lipinski definition) is 0. The van der Waals surface area contributed by atoms with Gasteiger partial charge < -0.3 is 4.90 Å². The molecule has 21 heavy (non-hydrogen) atoms. The molecule has 0 atom stereocenters. The second-order valence-corrected chi connectivity index (χ2v) is 6.44. The van der Waals surface area contributed by atoms with Crippen LogP contribution in [0.25, 0.3) is 0 Å². The maximum absolute atomic E-state index is 11.6. The van der Waals surface area contributed by atoms with Crippen molar-refractivity contribution in [3.63, 3.8) is 0 Å². The predicted octanol–water partition coefficient (Wildman–Crippen LogP) is 1.64. The van der Waals surface area contributed by atoms with Crippen LogP contribution in [0.4, 0.5) is 0 Å². The number of likely N-dealkylation sites (tertiary alicyclic amines) is 2. The molecule has 1 aromatic heterocycles. The van der Waals surface area contributed by atoms with Gasteiger partial charge in [0.1, 0.15) is 0 Å². The number of nitrogens with zero attached hydrogens (tertiary/aromatic N) is 4. The topological polar surface area (TPSA) is 41.4 Å². The Balaban J connectivity index is 1.39. The number of amides is 1. The van der Waals surface area contributed by atoms with Crippen molar-refractivity contribution < 1.29 is 4.79 Å². The molecule has 2 aliphatic rings. The lowest BCUT2D eigenvalue weighted by Crippen LogP contribution is -2.35. The lowest BCUT2D eigenvalue weighted by molar-refractivity contribution is -0.127. The molecular formula is C16H26N4O. The molecule has 3 heterocycles. The first-order valence-corrected chi connectivity index (χ1v) is 8.19. The maximum atomic E-state index is 11.6. The Bertz CT molecular complexity index is 476. The Hall–Kier alpha value is -1.36. The van der Waals surface area contributed by atoms with Crippen LogP contribution >= 0.6 is 0 Å². The van der Waals surface area contributed by atoms with Gasteiger partial charge in [-0.2, -0.15) is 5.10 Å². The monoisotopic (exact) mass is 290 g/mol. The Morgan fingerprint density at radius 3 is 2.71 bits per heavy atom. The van der Waals surface area contributed by atoms with Crippen molar-refractivity contribution >= 4 is 5.91 Å². The quantitative estimate of drug-likeness (QED) is 0.828. The summed E-state index contributed by atoms with van der Waals surface area (Å²) >= 11 is 0. The lowest BCUT2D eigenvalue weighted by Gasteiger charge is -2.32. The van der Waals surface area contributed by atoms with Crippen LogP contribution in [0.1, 0.15) is 37.8 Å². The molecule has 1 amide bonds. The minimum Gasteiger partial charge on any atom is -0.343 e. The lowest BCUT2D eigenvalue weighted by atomic mass is 9.93. The highest BCUT2D eigenvalue weighted by atomic mass is 16.2. The molecule has 3 rings (SSSR count). The van der Waals surface area contributed by atoms with Crippen LogP contribution in [0.15, 0.2) is 12.3 Å². The normalized spacial score (nSPS) is 21.4. The maximum Gasteiger partial charge on any atom is 0.222 e. The van der Waals surface area contributed by atoms with E-state index < -0.39 is 0 Å². The first kappa shape index (κ1) is 14.6. The summed E-state index contributed by atoms with van der Waals surface area (Å²) in [6.07, 6.45) is 7.41. The molecule has 2 saturated heterocycles. The van der Waals surface area contributed by atoms with Gasteiger partial charge in [0.05, 0.1) is 5.69 Å².